The molecule has 178 valence electrons. The van der Waals surface area contributed by atoms with Crippen molar-refractivity contribution in [1.82, 2.24) is 0 Å². The van der Waals surface area contributed by atoms with E-state index in [1.54, 1.807) is 18.2 Å². The number of carbonyl (C=O) groups excluding carboxylic acids is 2. The second-order valence-electron chi connectivity index (χ2n) is 7.13. The molecule has 3 aromatic carbocycles. The molecular weight excluding hydrogens is 456 g/mol. The van der Waals surface area contributed by atoms with Gasteiger partial charge in [-0.15, -0.1) is 0 Å². The molecular formula is C26H20O9. The molecule has 0 bridgehead atoms. The van der Waals surface area contributed by atoms with Gasteiger partial charge < -0.3 is 28.1 Å². The molecule has 4 rings (SSSR count). The minimum Gasteiger partial charge on any atom is -0.496 e. The zero-order chi connectivity index (χ0) is 24.9. The SMILES string of the molecule is COC(=O)c1ccc(Oc2coc3cc(OC(=O)c4c(OC)cccc4OC)ccc3c2=O)cc1. The van der Waals surface area contributed by atoms with Crippen LogP contribution >= 0.6 is 0 Å². The predicted molar refractivity (Wildman–Crippen MR) is 125 cm³/mol. The summed E-state index contributed by atoms with van der Waals surface area (Å²) in [6.45, 7) is 0. The molecule has 0 aliphatic rings. The number of esters is 2. The smallest absolute Gasteiger partial charge is 0.351 e. The van der Waals surface area contributed by atoms with E-state index in [4.69, 9.17) is 23.4 Å². The average Bonchev–Trinajstić information content (AvgIpc) is 2.89. The summed E-state index contributed by atoms with van der Waals surface area (Å²) in [6, 6.07) is 15.4. The Morgan fingerprint density at radius 3 is 2.06 bits per heavy atom. The highest BCUT2D eigenvalue weighted by atomic mass is 16.5. The molecule has 0 aliphatic carbocycles. The molecule has 0 N–H and O–H groups in total. The van der Waals surface area contributed by atoms with E-state index in [0.29, 0.717) is 22.8 Å². The van der Waals surface area contributed by atoms with Crippen molar-refractivity contribution in [3.05, 3.63) is 88.3 Å². The van der Waals surface area contributed by atoms with Crippen molar-refractivity contribution in [2.24, 2.45) is 0 Å². The first-order valence-corrected chi connectivity index (χ1v) is 10.3. The highest BCUT2D eigenvalue weighted by Gasteiger charge is 2.21. The number of rotatable bonds is 7. The number of benzene rings is 3. The van der Waals surface area contributed by atoms with E-state index in [1.165, 1.54) is 63.8 Å². The van der Waals surface area contributed by atoms with Gasteiger partial charge in [0, 0.05) is 6.07 Å². The summed E-state index contributed by atoms with van der Waals surface area (Å²) in [6.07, 6.45) is 1.16. The van der Waals surface area contributed by atoms with E-state index < -0.39 is 17.4 Å². The monoisotopic (exact) mass is 476 g/mol. The van der Waals surface area contributed by atoms with Crippen molar-refractivity contribution >= 4 is 22.9 Å². The van der Waals surface area contributed by atoms with Crippen LogP contribution in [-0.4, -0.2) is 33.3 Å². The van der Waals surface area contributed by atoms with Gasteiger partial charge in [-0.2, -0.15) is 0 Å². The van der Waals surface area contributed by atoms with E-state index >= 15 is 0 Å². The summed E-state index contributed by atoms with van der Waals surface area (Å²) in [4.78, 5) is 37.2. The van der Waals surface area contributed by atoms with E-state index in [2.05, 4.69) is 4.74 Å². The standard InChI is InChI=1S/C26H20O9/c1-30-19-5-4-6-20(31-2)23(19)26(29)35-17-11-12-18-21(13-17)33-14-22(24(18)27)34-16-9-7-15(8-10-16)25(28)32-3/h4-14H,1-3H3. The summed E-state index contributed by atoms with van der Waals surface area (Å²) < 4.78 is 31.8. The van der Waals surface area contributed by atoms with Crippen LogP contribution in [0.25, 0.3) is 11.0 Å². The van der Waals surface area contributed by atoms with Gasteiger partial charge in [0.15, 0.2) is 0 Å². The Morgan fingerprint density at radius 2 is 1.43 bits per heavy atom. The molecule has 0 unspecified atom stereocenters. The van der Waals surface area contributed by atoms with Crippen molar-refractivity contribution < 1.29 is 37.7 Å². The molecule has 0 saturated carbocycles. The number of fused-ring (bicyclic) bond motifs is 1. The number of ether oxygens (including phenoxy) is 5. The maximum absolute atomic E-state index is 12.9. The number of hydrogen-bond acceptors (Lipinski definition) is 9. The largest absolute Gasteiger partial charge is 0.496 e. The van der Waals surface area contributed by atoms with E-state index in [1.807, 2.05) is 0 Å². The summed E-state index contributed by atoms with van der Waals surface area (Å²) >= 11 is 0. The molecule has 0 fully saturated rings. The topological polar surface area (TPSA) is 110 Å². The molecule has 0 saturated heterocycles. The van der Waals surface area contributed by atoms with Gasteiger partial charge in [-0.25, -0.2) is 9.59 Å². The van der Waals surface area contributed by atoms with Crippen molar-refractivity contribution in [3.8, 4) is 28.7 Å². The summed E-state index contributed by atoms with van der Waals surface area (Å²) in [5.74, 6) is -0.150. The van der Waals surface area contributed by atoms with Crippen LogP contribution in [0.3, 0.4) is 0 Å². The lowest BCUT2D eigenvalue weighted by molar-refractivity contribution is 0.0600. The van der Waals surface area contributed by atoms with Gasteiger partial charge in [0.2, 0.25) is 11.2 Å². The fraction of sp³-hybridized carbons (Fsp3) is 0.115. The quantitative estimate of drug-likeness (QED) is 0.279. The maximum atomic E-state index is 12.9. The Bertz CT molecular complexity index is 1430. The molecule has 0 atom stereocenters. The van der Waals surface area contributed by atoms with Gasteiger partial charge in [0.25, 0.3) is 0 Å². The van der Waals surface area contributed by atoms with E-state index in [9.17, 15) is 14.4 Å². The van der Waals surface area contributed by atoms with Crippen molar-refractivity contribution in [1.29, 1.82) is 0 Å². The van der Waals surface area contributed by atoms with Crippen molar-refractivity contribution in [2.75, 3.05) is 21.3 Å². The molecule has 4 aromatic rings. The van der Waals surface area contributed by atoms with Gasteiger partial charge in [-0.05, 0) is 48.5 Å². The van der Waals surface area contributed by atoms with E-state index in [-0.39, 0.29) is 28.0 Å². The van der Waals surface area contributed by atoms with E-state index in [0.717, 1.165) is 6.26 Å². The van der Waals surface area contributed by atoms with Crippen LogP contribution in [0.1, 0.15) is 20.7 Å². The Labute approximate surface area is 199 Å². The third kappa shape index (κ3) is 4.79. The summed E-state index contributed by atoms with van der Waals surface area (Å²) in [5, 5.41) is 0.225. The Balaban J connectivity index is 1.57. The molecule has 0 spiro atoms. The Morgan fingerprint density at radius 1 is 0.771 bits per heavy atom. The van der Waals surface area contributed by atoms with Crippen LogP contribution in [-0.2, 0) is 4.74 Å². The van der Waals surface area contributed by atoms with Crippen LogP contribution in [0.15, 0.2) is 76.1 Å². The van der Waals surface area contributed by atoms with Crippen LogP contribution < -0.4 is 24.4 Å². The first-order chi connectivity index (χ1) is 16.9. The Kier molecular flexibility index (Phi) is 6.68. The fourth-order valence-electron chi connectivity index (χ4n) is 3.34. The third-order valence-electron chi connectivity index (χ3n) is 5.06. The lowest BCUT2D eigenvalue weighted by Gasteiger charge is -2.12. The summed E-state index contributed by atoms with van der Waals surface area (Å²) in [7, 11) is 4.15. The van der Waals surface area contributed by atoms with Gasteiger partial charge >= 0.3 is 11.9 Å². The third-order valence-corrected chi connectivity index (χ3v) is 5.06. The molecule has 1 aromatic heterocycles. The molecule has 35 heavy (non-hydrogen) atoms. The highest BCUT2D eigenvalue weighted by Crippen LogP contribution is 2.30. The second-order valence-corrected chi connectivity index (χ2v) is 7.13. The summed E-state index contributed by atoms with van der Waals surface area (Å²) in [5.41, 5.74) is 0.243. The van der Waals surface area contributed by atoms with Crippen LogP contribution in [0.2, 0.25) is 0 Å². The minimum absolute atomic E-state index is 0.0492. The van der Waals surface area contributed by atoms with Crippen LogP contribution in [0.4, 0.5) is 0 Å². The molecule has 0 aliphatic heterocycles. The van der Waals surface area contributed by atoms with Crippen molar-refractivity contribution in [2.45, 2.75) is 0 Å². The van der Waals surface area contributed by atoms with Crippen LogP contribution in [0.5, 0.6) is 28.7 Å². The van der Waals surface area contributed by atoms with Gasteiger partial charge in [0.05, 0.1) is 32.3 Å². The number of methoxy groups -OCH3 is 3. The zero-order valence-electron chi connectivity index (χ0n) is 19.0. The first-order valence-electron chi connectivity index (χ1n) is 10.3. The number of hydrogen-bond donors (Lipinski definition) is 0. The van der Waals surface area contributed by atoms with Gasteiger partial charge in [-0.1, -0.05) is 6.07 Å². The second kappa shape index (κ2) is 10.0. The predicted octanol–water partition coefficient (Wildman–Crippen LogP) is 4.61. The number of carbonyl (C=O) groups is 2. The molecule has 0 amide bonds. The van der Waals surface area contributed by atoms with Crippen LogP contribution in [0, 0.1) is 0 Å². The molecule has 0 radical (unpaired) electrons. The Hall–Kier alpha value is -4.79. The van der Waals surface area contributed by atoms with Gasteiger partial charge in [-0.3, -0.25) is 4.79 Å². The minimum atomic E-state index is -0.698. The van der Waals surface area contributed by atoms with Gasteiger partial charge in [0.1, 0.15) is 40.4 Å². The maximum Gasteiger partial charge on any atom is 0.351 e. The fourth-order valence-corrected chi connectivity index (χ4v) is 3.34. The molecule has 1 heterocycles. The van der Waals surface area contributed by atoms with Crippen molar-refractivity contribution in [3.63, 3.8) is 0 Å². The highest BCUT2D eigenvalue weighted by molar-refractivity contribution is 5.97. The lowest BCUT2D eigenvalue weighted by Crippen LogP contribution is -2.12. The molecule has 9 heteroatoms. The zero-order valence-corrected chi connectivity index (χ0v) is 19.0. The lowest BCUT2D eigenvalue weighted by atomic mass is 10.1. The molecule has 9 nitrogen and oxygen atoms in total. The normalized spacial score (nSPS) is 10.5. The average molecular weight is 476 g/mol. The first kappa shape index (κ1) is 23.4.